The molecule has 0 radical (unpaired) electrons. The van der Waals surface area contributed by atoms with Crippen LogP contribution in [-0.4, -0.2) is 55.7 Å². The van der Waals surface area contributed by atoms with E-state index in [9.17, 15) is 18.8 Å². The fourth-order valence-electron chi connectivity index (χ4n) is 1.49. The highest BCUT2D eigenvalue weighted by molar-refractivity contribution is 7.99. The Labute approximate surface area is 138 Å². The Bertz CT molecular complexity index is 551. The number of amides is 2. The summed E-state index contributed by atoms with van der Waals surface area (Å²) in [5.74, 6) is -1.10. The van der Waals surface area contributed by atoms with Gasteiger partial charge in [0.05, 0.1) is 13.0 Å². The van der Waals surface area contributed by atoms with E-state index in [1.54, 1.807) is 12.1 Å². The van der Waals surface area contributed by atoms with E-state index in [-0.39, 0.29) is 24.7 Å². The van der Waals surface area contributed by atoms with E-state index in [0.717, 1.165) is 4.90 Å². The first kappa shape index (κ1) is 19.0. The number of nitrogens with zero attached hydrogens (tertiary/aromatic N) is 1. The van der Waals surface area contributed by atoms with Crippen molar-refractivity contribution < 1.29 is 23.5 Å². The van der Waals surface area contributed by atoms with Crippen LogP contribution >= 0.6 is 11.8 Å². The molecular weight excluding hydrogens is 323 g/mol. The number of carbonyl (C=O) groups is 3. The predicted molar refractivity (Wildman–Crippen MR) is 84.4 cm³/mol. The predicted octanol–water partition coefficient (Wildman–Crippen LogP) is 1.06. The van der Waals surface area contributed by atoms with E-state index in [4.69, 9.17) is 4.74 Å². The molecule has 0 aromatic heterocycles. The van der Waals surface area contributed by atoms with E-state index in [1.807, 2.05) is 0 Å². The van der Waals surface area contributed by atoms with Gasteiger partial charge in [-0.25, -0.2) is 4.39 Å². The van der Waals surface area contributed by atoms with Crippen LogP contribution in [0.3, 0.4) is 0 Å². The standard InChI is InChI=1S/C15H19FN2O4S/c1-17-13(19)9-18(2)14(20)10-22-15(21)7-8-23-12-5-3-11(16)4-6-12/h3-6H,7-10H2,1-2H3,(H,17,19). The molecule has 1 aromatic rings. The lowest BCUT2D eigenvalue weighted by Crippen LogP contribution is -2.39. The molecule has 6 nitrogen and oxygen atoms in total. The van der Waals surface area contributed by atoms with Crippen LogP contribution in [0.15, 0.2) is 29.2 Å². The first-order chi connectivity index (χ1) is 10.9. The summed E-state index contributed by atoms with van der Waals surface area (Å²) < 4.78 is 17.6. The van der Waals surface area contributed by atoms with Crippen LogP contribution in [-0.2, 0) is 19.1 Å². The zero-order valence-corrected chi connectivity index (χ0v) is 13.8. The second-order valence-corrected chi connectivity index (χ2v) is 5.80. The quantitative estimate of drug-likeness (QED) is 0.565. The van der Waals surface area contributed by atoms with Crippen LogP contribution in [0.1, 0.15) is 6.42 Å². The molecule has 0 fully saturated rings. The van der Waals surface area contributed by atoms with Crippen molar-refractivity contribution in [1.29, 1.82) is 0 Å². The fourth-order valence-corrected chi connectivity index (χ4v) is 2.32. The van der Waals surface area contributed by atoms with Crippen LogP contribution < -0.4 is 5.32 Å². The number of likely N-dealkylation sites (N-methyl/N-ethyl adjacent to an activating group) is 2. The van der Waals surface area contributed by atoms with Gasteiger partial charge in [-0.05, 0) is 24.3 Å². The van der Waals surface area contributed by atoms with Gasteiger partial charge in [0.1, 0.15) is 5.82 Å². The summed E-state index contributed by atoms with van der Waals surface area (Å²) in [6.07, 6.45) is 0.133. The highest BCUT2D eigenvalue weighted by Crippen LogP contribution is 2.18. The minimum Gasteiger partial charge on any atom is -0.456 e. The number of hydrogen-bond acceptors (Lipinski definition) is 5. The number of esters is 1. The van der Waals surface area contributed by atoms with Gasteiger partial charge < -0.3 is 15.0 Å². The van der Waals surface area contributed by atoms with Crippen molar-refractivity contribution in [1.82, 2.24) is 10.2 Å². The Hall–Kier alpha value is -2.09. The molecule has 2 amide bonds. The molecular formula is C15H19FN2O4S. The number of carbonyl (C=O) groups excluding carboxylic acids is 3. The van der Waals surface area contributed by atoms with Gasteiger partial charge in [-0.2, -0.15) is 0 Å². The molecule has 0 atom stereocenters. The van der Waals surface area contributed by atoms with Crippen molar-refractivity contribution in [3.8, 4) is 0 Å². The van der Waals surface area contributed by atoms with E-state index in [0.29, 0.717) is 5.75 Å². The van der Waals surface area contributed by atoms with E-state index in [1.165, 1.54) is 42.9 Å². The monoisotopic (exact) mass is 342 g/mol. The summed E-state index contributed by atoms with van der Waals surface area (Å²) in [7, 11) is 2.93. The van der Waals surface area contributed by atoms with Crippen LogP contribution in [0.4, 0.5) is 4.39 Å². The Balaban J connectivity index is 2.22. The van der Waals surface area contributed by atoms with Gasteiger partial charge in [0.25, 0.3) is 5.91 Å². The minimum atomic E-state index is -0.499. The number of thioether (sulfide) groups is 1. The van der Waals surface area contributed by atoms with Crippen molar-refractivity contribution in [3.05, 3.63) is 30.1 Å². The fraction of sp³-hybridized carbons (Fsp3) is 0.400. The normalized spacial score (nSPS) is 10.0. The van der Waals surface area contributed by atoms with Gasteiger partial charge in [0.2, 0.25) is 5.91 Å². The van der Waals surface area contributed by atoms with Gasteiger partial charge in [-0.15, -0.1) is 11.8 Å². The topological polar surface area (TPSA) is 75.7 Å². The number of rotatable bonds is 8. The molecule has 0 bridgehead atoms. The SMILES string of the molecule is CNC(=O)CN(C)C(=O)COC(=O)CCSc1ccc(F)cc1. The molecule has 0 aliphatic carbocycles. The van der Waals surface area contributed by atoms with Crippen molar-refractivity contribution in [2.75, 3.05) is 33.0 Å². The molecule has 0 saturated heterocycles. The molecule has 23 heavy (non-hydrogen) atoms. The molecule has 0 aliphatic rings. The maximum absolute atomic E-state index is 12.7. The lowest BCUT2D eigenvalue weighted by Gasteiger charge is -2.15. The molecule has 1 rings (SSSR count). The maximum Gasteiger partial charge on any atom is 0.307 e. The maximum atomic E-state index is 12.7. The van der Waals surface area contributed by atoms with Gasteiger partial charge in [-0.3, -0.25) is 14.4 Å². The molecule has 0 aliphatic heterocycles. The Kier molecular flexibility index (Phi) is 8.10. The summed E-state index contributed by atoms with van der Waals surface area (Å²) in [4.78, 5) is 36.4. The summed E-state index contributed by atoms with van der Waals surface area (Å²) >= 11 is 1.39. The summed E-state index contributed by atoms with van der Waals surface area (Å²) in [5.41, 5.74) is 0. The van der Waals surface area contributed by atoms with Crippen LogP contribution in [0.5, 0.6) is 0 Å². The molecule has 0 heterocycles. The van der Waals surface area contributed by atoms with E-state index in [2.05, 4.69) is 5.32 Å². The largest absolute Gasteiger partial charge is 0.456 e. The second-order valence-electron chi connectivity index (χ2n) is 4.64. The number of benzene rings is 1. The number of ether oxygens (including phenoxy) is 1. The average molecular weight is 342 g/mol. The molecule has 0 unspecified atom stereocenters. The number of hydrogen-bond donors (Lipinski definition) is 1. The van der Waals surface area contributed by atoms with Crippen molar-refractivity contribution in [3.63, 3.8) is 0 Å². The minimum absolute atomic E-state index is 0.0900. The first-order valence-corrected chi connectivity index (χ1v) is 7.89. The lowest BCUT2D eigenvalue weighted by atomic mass is 10.4. The van der Waals surface area contributed by atoms with Gasteiger partial charge >= 0.3 is 5.97 Å². The lowest BCUT2D eigenvalue weighted by molar-refractivity contribution is -0.151. The van der Waals surface area contributed by atoms with Crippen molar-refractivity contribution in [2.24, 2.45) is 0 Å². The first-order valence-electron chi connectivity index (χ1n) is 6.91. The molecule has 1 aromatic carbocycles. The van der Waals surface area contributed by atoms with Crippen molar-refractivity contribution in [2.45, 2.75) is 11.3 Å². The van der Waals surface area contributed by atoms with Crippen LogP contribution in [0.2, 0.25) is 0 Å². The zero-order valence-electron chi connectivity index (χ0n) is 13.0. The van der Waals surface area contributed by atoms with E-state index >= 15 is 0 Å². The molecule has 0 saturated carbocycles. The van der Waals surface area contributed by atoms with Crippen molar-refractivity contribution >= 4 is 29.5 Å². The summed E-state index contributed by atoms with van der Waals surface area (Å²) in [6.45, 7) is -0.485. The molecule has 8 heteroatoms. The molecule has 126 valence electrons. The highest BCUT2D eigenvalue weighted by Gasteiger charge is 2.14. The smallest absolute Gasteiger partial charge is 0.307 e. The Morgan fingerprint density at radius 1 is 1.26 bits per heavy atom. The third kappa shape index (κ3) is 7.64. The van der Waals surface area contributed by atoms with Gasteiger partial charge in [0, 0.05) is 24.7 Å². The van der Waals surface area contributed by atoms with Gasteiger partial charge in [0.15, 0.2) is 6.61 Å². The molecule has 0 spiro atoms. The number of halogens is 1. The second kappa shape index (κ2) is 9.83. The Morgan fingerprint density at radius 3 is 2.52 bits per heavy atom. The zero-order chi connectivity index (χ0) is 17.2. The molecule has 1 N–H and O–H groups in total. The Morgan fingerprint density at radius 2 is 1.91 bits per heavy atom. The van der Waals surface area contributed by atoms with Crippen LogP contribution in [0, 0.1) is 5.82 Å². The van der Waals surface area contributed by atoms with Gasteiger partial charge in [-0.1, -0.05) is 0 Å². The highest BCUT2D eigenvalue weighted by atomic mass is 32.2. The third-order valence-electron chi connectivity index (χ3n) is 2.83. The number of nitrogens with one attached hydrogen (secondary N) is 1. The third-order valence-corrected chi connectivity index (χ3v) is 3.84. The van der Waals surface area contributed by atoms with Crippen LogP contribution in [0.25, 0.3) is 0 Å². The van der Waals surface area contributed by atoms with E-state index < -0.39 is 18.5 Å². The average Bonchev–Trinajstić information content (AvgIpc) is 2.54. The summed E-state index contributed by atoms with van der Waals surface area (Å²) in [6, 6.07) is 5.95. The summed E-state index contributed by atoms with van der Waals surface area (Å²) in [5, 5.41) is 2.40.